The number of rotatable bonds is 6. The molecule has 0 aliphatic carbocycles. The number of carbonyl (C=O) groups is 1. The van der Waals surface area contributed by atoms with Crippen LogP contribution in [-0.2, 0) is 4.79 Å². The van der Waals surface area contributed by atoms with Crippen molar-refractivity contribution in [2.45, 2.75) is 19.8 Å². The minimum absolute atomic E-state index is 0.0979. The van der Waals surface area contributed by atoms with Gasteiger partial charge in [0, 0.05) is 16.3 Å². The number of hydrogen-bond donors (Lipinski definition) is 1. The van der Waals surface area contributed by atoms with Gasteiger partial charge in [0.05, 0.1) is 18.6 Å². The quantitative estimate of drug-likeness (QED) is 0.486. The van der Waals surface area contributed by atoms with Gasteiger partial charge in [0.1, 0.15) is 11.6 Å². The van der Waals surface area contributed by atoms with Crippen molar-refractivity contribution in [1.82, 2.24) is 5.32 Å². The fourth-order valence-electron chi connectivity index (χ4n) is 2.42. The largest absolute Gasteiger partial charge is 0.492 e. The molecule has 3 rings (SSSR count). The van der Waals surface area contributed by atoms with E-state index in [1.54, 1.807) is 12.1 Å². The molecule has 0 bridgehead atoms. The molecule has 2 aromatic carbocycles. The number of hydrogen-bond acceptors (Lipinski definition) is 5. The molecule has 0 aromatic heterocycles. The van der Waals surface area contributed by atoms with Crippen LogP contribution in [0.2, 0.25) is 0 Å². The molecular weight excluding hydrogens is 341 g/mol. The Morgan fingerprint density at radius 1 is 1.36 bits per heavy atom. The van der Waals surface area contributed by atoms with Crippen LogP contribution in [-0.4, -0.2) is 29.6 Å². The second kappa shape index (κ2) is 8.11. The van der Waals surface area contributed by atoms with Gasteiger partial charge in [-0.1, -0.05) is 49.4 Å². The molecule has 0 saturated carbocycles. The normalized spacial score (nSPS) is 16.1. The summed E-state index contributed by atoms with van der Waals surface area (Å²) in [7, 11) is 0. The number of thioether (sulfide) groups is 1. The van der Waals surface area contributed by atoms with Crippen molar-refractivity contribution >= 4 is 39.8 Å². The van der Waals surface area contributed by atoms with E-state index in [0.29, 0.717) is 39.6 Å². The summed E-state index contributed by atoms with van der Waals surface area (Å²) in [5.74, 6) is 0.498. The van der Waals surface area contributed by atoms with Crippen LogP contribution < -0.4 is 10.1 Å². The Morgan fingerprint density at radius 3 is 2.88 bits per heavy atom. The van der Waals surface area contributed by atoms with E-state index >= 15 is 0 Å². The fourth-order valence-corrected chi connectivity index (χ4v) is 3.05. The number of benzene rings is 2. The molecule has 0 atom stereocenters. The summed E-state index contributed by atoms with van der Waals surface area (Å²) in [6, 6.07) is 8.59. The molecule has 1 heterocycles. The third-order valence-electron chi connectivity index (χ3n) is 3.65. The molecule has 1 aliphatic heterocycles. The van der Waals surface area contributed by atoms with Crippen LogP contribution >= 0.6 is 11.8 Å². The molecule has 0 radical (unpaired) electrons. The van der Waals surface area contributed by atoms with Gasteiger partial charge in [0.15, 0.2) is 5.17 Å². The van der Waals surface area contributed by atoms with Gasteiger partial charge >= 0.3 is 0 Å². The topological polar surface area (TPSA) is 63.1 Å². The lowest BCUT2D eigenvalue weighted by molar-refractivity contribution is -0.116. The number of nitrogens with zero attached hydrogens (tertiary/aromatic N) is 2. The van der Waals surface area contributed by atoms with Crippen molar-refractivity contribution in [3.63, 3.8) is 0 Å². The van der Waals surface area contributed by atoms with Gasteiger partial charge in [-0.3, -0.25) is 4.79 Å². The van der Waals surface area contributed by atoms with E-state index in [2.05, 4.69) is 22.4 Å². The maximum atomic E-state index is 14.4. The predicted molar refractivity (Wildman–Crippen MR) is 99.9 cm³/mol. The van der Waals surface area contributed by atoms with E-state index in [-0.39, 0.29) is 11.7 Å². The van der Waals surface area contributed by atoms with Crippen LogP contribution in [0.15, 0.2) is 40.5 Å². The van der Waals surface area contributed by atoms with Gasteiger partial charge in [0.2, 0.25) is 5.91 Å². The first-order chi connectivity index (χ1) is 12.2. The molecule has 5 nitrogen and oxygen atoms in total. The van der Waals surface area contributed by atoms with Crippen molar-refractivity contribution in [2.24, 2.45) is 10.2 Å². The van der Waals surface area contributed by atoms with E-state index in [1.807, 2.05) is 12.1 Å². The first-order valence-electron chi connectivity index (χ1n) is 8.06. The van der Waals surface area contributed by atoms with E-state index in [4.69, 9.17) is 4.74 Å². The summed E-state index contributed by atoms with van der Waals surface area (Å²) in [5.41, 5.74) is 0.519. The Morgan fingerprint density at radius 2 is 2.16 bits per heavy atom. The van der Waals surface area contributed by atoms with Gasteiger partial charge in [-0.05, 0) is 12.5 Å². The first-order valence-corrected chi connectivity index (χ1v) is 9.05. The highest BCUT2D eigenvalue weighted by Crippen LogP contribution is 2.31. The zero-order valence-electron chi connectivity index (χ0n) is 13.8. The Balaban J connectivity index is 1.94. The van der Waals surface area contributed by atoms with E-state index < -0.39 is 0 Å². The maximum Gasteiger partial charge on any atom is 0.236 e. The van der Waals surface area contributed by atoms with E-state index in [9.17, 15) is 9.18 Å². The average molecular weight is 359 g/mol. The van der Waals surface area contributed by atoms with Crippen molar-refractivity contribution in [2.75, 3.05) is 12.4 Å². The van der Waals surface area contributed by atoms with E-state index in [1.165, 1.54) is 24.0 Å². The molecule has 25 heavy (non-hydrogen) atoms. The summed E-state index contributed by atoms with van der Waals surface area (Å²) in [4.78, 5) is 11.1. The monoisotopic (exact) mass is 359 g/mol. The van der Waals surface area contributed by atoms with Gasteiger partial charge in [-0.15, -0.1) is 5.10 Å². The molecule has 0 unspecified atom stereocenters. The maximum absolute atomic E-state index is 14.4. The molecule has 2 aromatic rings. The number of amidine groups is 1. The lowest BCUT2D eigenvalue weighted by atomic mass is 10.0. The van der Waals surface area contributed by atoms with Gasteiger partial charge < -0.3 is 10.1 Å². The number of nitrogens with one attached hydrogen (secondary N) is 1. The highest BCUT2D eigenvalue weighted by Gasteiger charge is 2.16. The standard InChI is InChI=1S/C18H18FN3O2S/c1-2-3-8-24-17-12(10-20-22-18-21-16(23)11-25-18)9-15(19)13-6-4-5-7-14(13)17/h4-7,9-10H,2-3,8,11H2,1H3,(H,21,22,23). The average Bonchev–Trinajstić information content (AvgIpc) is 3.03. The SMILES string of the molecule is CCCCOc1c(C=NN=C2NC(=O)CS2)cc(F)c2ccccc12. The molecule has 1 amide bonds. The van der Waals surface area contributed by atoms with Crippen LogP contribution in [0.1, 0.15) is 25.3 Å². The molecule has 1 fully saturated rings. The first kappa shape index (κ1) is 17.4. The summed E-state index contributed by atoms with van der Waals surface area (Å²) < 4.78 is 20.3. The fraction of sp³-hybridized carbons (Fsp3) is 0.278. The minimum atomic E-state index is -0.337. The number of fused-ring (bicyclic) bond motifs is 1. The van der Waals surface area contributed by atoms with Gasteiger partial charge in [-0.25, -0.2) is 4.39 Å². The molecule has 1 N–H and O–H groups in total. The van der Waals surface area contributed by atoms with Gasteiger partial charge in [0.25, 0.3) is 0 Å². The molecule has 7 heteroatoms. The summed E-state index contributed by atoms with van der Waals surface area (Å²) in [6.07, 6.45) is 3.37. The smallest absolute Gasteiger partial charge is 0.236 e. The Bertz CT molecular complexity index is 852. The van der Waals surface area contributed by atoms with Crippen LogP contribution in [0, 0.1) is 5.82 Å². The van der Waals surface area contributed by atoms with Crippen molar-refractivity contribution in [3.8, 4) is 5.75 Å². The number of carbonyl (C=O) groups excluding carboxylic acids is 1. The number of ether oxygens (including phenoxy) is 1. The summed E-state index contributed by atoms with van der Waals surface area (Å²) >= 11 is 1.28. The van der Waals surface area contributed by atoms with Gasteiger partial charge in [-0.2, -0.15) is 5.10 Å². The van der Waals surface area contributed by atoms with Crippen molar-refractivity contribution in [3.05, 3.63) is 41.7 Å². The van der Waals surface area contributed by atoms with Crippen molar-refractivity contribution in [1.29, 1.82) is 0 Å². The summed E-state index contributed by atoms with van der Waals surface area (Å²) in [5, 5.41) is 12.2. The Kier molecular flexibility index (Phi) is 5.65. The second-order valence-corrected chi connectivity index (χ2v) is 6.47. The predicted octanol–water partition coefficient (Wildman–Crippen LogP) is 3.71. The molecule has 1 saturated heterocycles. The van der Waals surface area contributed by atoms with Crippen molar-refractivity contribution < 1.29 is 13.9 Å². The molecule has 1 aliphatic rings. The van der Waals surface area contributed by atoms with E-state index in [0.717, 1.165) is 12.8 Å². The number of amides is 1. The Hall–Kier alpha value is -2.41. The number of unbranched alkanes of at least 4 members (excludes halogenated alkanes) is 1. The van der Waals surface area contributed by atoms with Crippen LogP contribution in [0.4, 0.5) is 4.39 Å². The Labute approximate surface area is 149 Å². The lowest BCUT2D eigenvalue weighted by Gasteiger charge is -2.12. The zero-order chi connectivity index (χ0) is 17.6. The summed E-state index contributed by atoms with van der Waals surface area (Å²) in [6.45, 7) is 2.63. The van der Waals surface area contributed by atoms with Crippen LogP contribution in [0.5, 0.6) is 5.75 Å². The molecule has 0 spiro atoms. The number of halogens is 1. The minimum Gasteiger partial charge on any atom is -0.492 e. The third kappa shape index (κ3) is 4.17. The molecular formula is C18H18FN3O2S. The zero-order valence-corrected chi connectivity index (χ0v) is 14.6. The second-order valence-electron chi connectivity index (χ2n) is 5.51. The highest BCUT2D eigenvalue weighted by molar-refractivity contribution is 8.15. The van der Waals surface area contributed by atoms with Crippen LogP contribution in [0.3, 0.4) is 0 Å². The highest BCUT2D eigenvalue weighted by atomic mass is 32.2. The lowest BCUT2D eigenvalue weighted by Crippen LogP contribution is -2.19. The third-order valence-corrected chi connectivity index (χ3v) is 4.51. The molecule has 130 valence electrons. The van der Waals surface area contributed by atoms with Crippen LogP contribution in [0.25, 0.3) is 10.8 Å².